The van der Waals surface area contributed by atoms with Gasteiger partial charge < -0.3 is 20.4 Å². The van der Waals surface area contributed by atoms with Gasteiger partial charge in [-0.15, -0.1) is 24.2 Å². The van der Waals surface area contributed by atoms with Crippen molar-refractivity contribution in [1.29, 1.82) is 0 Å². The number of anilines is 1. The van der Waals surface area contributed by atoms with Gasteiger partial charge in [0.2, 0.25) is 0 Å². The summed E-state index contributed by atoms with van der Waals surface area (Å²) in [6.45, 7) is 1.13. The lowest BCUT2D eigenvalue weighted by Crippen LogP contribution is -2.43. The normalized spacial score (nSPS) is 19.8. The Labute approximate surface area is 157 Å². The number of aliphatic hydroxyl groups is 1. The summed E-state index contributed by atoms with van der Waals surface area (Å²) in [5.74, 6) is -0.144. The number of nitrogens with one attached hydrogen (secondary N) is 1. The summed E-state index contributed by atoms with van der Waals surface area (Å²) in [6, 6.07) is 14.3. The van der Waals surface area contributed by atoms with Crippen LogP contribution in [-0.4, -0.2) is 42.4 Å². The van der Waals surface area contributed by atoms with Gasteiger partial charge >= 0.3 is 0 Å². The minimum absolute atomic E-state index is 0. The molecule has 7 heteroatoms. The molecule has 2 atom stereocenters. The number of amides is 1. The molecule has 0 spiro atoms. The number of phenols is 1. The summed E-state index contributed by atoms with van der Waals surface area (Å²) in [5.41, 5.74) is 1.63. The molecule has 0 radical (unpaired) electrons. The van der Waals surface area contributed by atoms with Crippen molar-refractivity contribution in [2.45, 2.75) is 16.2 Å². The minimum atomic E-state index is -1.15. The number of aromatic hydroxyl groups is 1. The number of thioether (sulfide) groups is 1. The SMILES string of the molecule is CNCCN1C(=O)[C@H](O)[C@H](c2ccc(O)cc2)Sc2ccccc21.Cl. The first-order valence-corrected chi connectivity index (χ1v) is 8.68. The van der Waals surface area contributed by atoms with Crippen LogP contribution in [0.5, 0.6) is 5.75 Å². The van der Waals surface area contributed by atoms with Gasteiger partial charge in [-0.25, -0.2) is 0 Å². The van der Waals surface area contributed by atoms with Crippen LogP contribution in [0.3, 0.4) is 0 Å². The molecule has 134 valence electrons. The van der Waals surface area contributed by atoms with E-state index in [0.29, 0.717) is 13.1 Å². The fourth-order valence-electron chi connectivity index (χ4n) is 2.76. The third-order valence-electron chi connectivity index (χ3n) is 4.02. The van der Waals surface area contributed by atoms with Crippen LogP contribution in [0, 0.1) is 0 Å². The van der Waals surface area contributed by atoms with Gasteiger partial charge in [0, 0.05) is 18.0 Å². The van der Waals surface area contributed by atoms with Crippen molar-refractivity contribution in [3.8, 4) is 5.75 Å². The number of para-hydroxylation sites is 1. The summed E-state index contributed by atoms with van der Waals surface area (Å²) < 4.78 is 0. The molecule has 25 heavy (non-hydrogen) atoms. The topological polar surface area (TPSA) is 72.8 Å². The third kappa shape index (κ3) is 4.10. The number of fused-ring (bicyclic) bond motifs is 1. The van der Waals surface area contributed by atoms with Crippen molar-refractivity contribution in [3.05, 3.63) is 54.1 Å². The maximum absolute atomic E-state index is 12.8. The van der Waals surface area contributed by atoms with Crippen LogP contribution >= 0.6 is 24.2 Å². The zero-order valence-corrected chi connectivity index (χ0v) is 15.4. The number of phenolic OH excluding ortho intramolecular Hbond substituents is 1. The lowest BCUT2D eigenvalue weighted by atomic mass is 10.1. The summed E-state index contributed by atoms with van der Waals surface area (Å²) in [7, 11) is 1.83. The molecule has 0 bridgehead atoms. The molecule has 3 rings (SSSR count). The van der Waals surface area contributed by atoms with Gasteiger partial charge in [-0.2, -0.15) is 0 Å². The molecule has 0 aliphatic carbocycles. The number of benzene rings is 2. The van der Waals surface area contributed by atoms with E-state index in [4.69, 9.17) is 0 Å². The molecule has 0 saturated carbocycles. The molecular weight excluding hydrogens is 360 g/mol. The zero-order chi connectivity index (χ0) is 17.1. The highest BCUT2D eigenvalue weighted by Gasteiger charge is 2.36. The Morgan fingerprint density at radius 1 is 1.16 bits per heavy atom. The van der Waals surface area contributed by atoms with Crippen LogP contribution in [0.4, 0.5) is 5.69 Å². The maximum atomic E-state index is 12.8. The van der Waals surface area contributed by atoms with Crippen LogP contribution < -0.4 is 10.2 Å². The van der Waals surface area contributed by atoms with Crippen LogP contribution in [0.15, 0.2) is 53.4 Å². The Hall–Kier alpha value is -1.73. The first kappa shape index (κ1) is 19.6. The summed E-state index contributed by atoms with van der Waals surface area (Å²) in [5, 5.41) is 22.8. The van der Waals surface area contributed by atoms with Crippen molar-refractivity contribution in [1.82, 2.24) is 5.32 Å². The fraction of sp³-hybridized carbons (Fsp3) is 0.278. The van der Waals surface area contributed by atoms with Crippen molar-refractivity contribution in [3.63, 3.8) is 0 Å². The number of aliphatic hydroxyl groups excluding tert-OH is 1. The van der Waals surface area contributed by atoms with E-state index in [0.717, 1.165) is 16.1 Å². The van der Waals surface area contributed by atoms with Crippen LogP contribution in [0.1, 0.15) is 10.8 Å². The minimum Gasteiger partial charge on any atom is -0.508 e. The van der Waals surface area contributed by atoms with Crippen molar-refractivity contribution >= 4 is 35.8 Å². The quantitative estimate of drug-likeness (QED) is 0.760. The highest BCUT2D eigenvalue weighted by atomic mass is 35.5. The Balaban J connectivity index is 0.00000225. The molecule has 2 aromatic carbocycles. The molecule has 5 nitrogen and oxygen atoms in total. The molecule has 1 aliphatic rings. The van der Waals surface area contributed by atoms with E-state index in [1.54, 1.807) is 29.2 Å². The van der Waals surface area contributed by atoms with Crippen molar-refractivity contribution in [2.24, 2.45) is 0 Å². The average molecular weight is 381 g/mol. The smallest absolute Gasteiger partial charge is 0.257 e. The van der Waals surface area contributed by atoms with Crippen LogP contribution in [0.25, 0.3) is 0 Å². The Morgan fingerprint density at radius 2 is 1.84 bits per heavy atom. The summed E-state index contributed by atoms with van der Waals surface area (Å²) in [6.07, 6.45) is -1.15. The predicted octanol–water partition coefficient (Wildman–Crippen LogP) is 2.57. The molecule has 0 fully saturated rings. The summed E-state index contributed by atoms with van der Waals surface area (Å²) >= 11 is 1.47. The molecule has 1 amide bonds. The second-order valence-electron chi connectivity index (χ2n) is 5.64. The number of halogens is 1. The highest BCUT2D eigenvalue weighted by Crippen LogP contribution is 2.45. The van der Waals surface area contributed by atoms with Crippen LogP contribution in [0.2, 0.25) is 0 Å². The average Bonchev–Trinajstić information content (AvgIpc) is 2.70. The Morgan fingerprint density at radius 3 is 2.52 bits per heavy atom. The van der Waals surface area contributed by atoms with E-state index in [2.05, 4.69) is 5.32 Å². The number of carbonyl (C=O) groups excluding carboxylic acids is 1. The number of hydrogen-bond donors (Lipinski definition) is 3. The van der Waals surface area contributed by atoms with Crippen LogP contribution in [-0.2, 0) is 4.79 Å². The van der Waals surface area contributed by atoms with E-state index in [1.165, 1.54) is 11.8 Å². The molecular formula is C18H21ClN2O3S. The first-order chi connectivity index (χ1) is 11.6. The monoisotopic (exact) mass is 380 g/mol. The maximum Gasteiger partial charge on any atom is 0.257 e. The van der Waals surface area contributed by atoms with Gasteiger partial charge in [0.15, 0.2) is 0 Å². The lowest BCUT2D eigenvalue weighted by Gasteiger charge is -2.25. The van der Waals surface area contributed by atoms with E-state index >= 15 is 0 Å². The highest BCUT2D eigenvalue weighted by molar-refractivity contribution is 7.99. The van der Waals surface area contributed by atoms with E-state index in [1.807, 2.05) is 31.3 Å². The molecule has 3 N–H and O–H groups in total. The van der Waals surface area contributed by atoms with Gasteiger partial charge in [0.25, 0.3) is 5.91 Å². The summed E-state index contributed by atoms with van der Waals surface area (Å²) in [4.78, 5) is 15.4. The van der Waals surface area contributed by atoms with Crippen molar-refractivity contribution in [2.75, 3.05) is 25.0 Å². The zero-order valence-electron chi connectivity index (χ0n) is 13.8. The Kier molecular flexibility index (Phi) is 6.72. The number of likely N-dealkylation sites (N-methyl/N-ethyl adjacent to an activating group) is 1. The molecule has 0 aromatic heterocycles. The molecule has 1 aliphatic heterocycles. The number of rotatable bonds is 4. The third-order valence-corrected chi connectivity index (χ3v) is 5.41. The van der Waals surface area contributed by atoms with E-state index < -0.39 is 11.4 Å². The van der Waals surface area contributed by atoms with Gasteiger partial charge in [0.05, 0.1) is 10.9 Å². The number of hydrogen-bond acceptors (Lipinski definition) is 5. The first-order valence-electron chi connectivity index (χ1n) is 7.80. The predicted molar refractivity (Wildman–Crippen MR) is 103 cm³/mol. The molecule has 2 aromatic rings. The van der Waals surface area contributed by atoms with Crippen molar-refractivity contribution < 1.29 is 15.0 Å². The molecule has 1 heterocycles. The van der Waals surface area contributed by atoms with Gasteiger partial charge in [-0.3, -0.25) is 4.79 Å². The van der Waals surface area contributed by atoms with Gasteiger partial charge in [-0.1, -0.05) is 24.3 Å². The second-order valence-corrected chi connectivity index (χ2v) is 6.82. The van der Waals surface area contributed by atoms with E-state index in [9.17, 15) is 15.0 Å². The fourth-order valence-corrected chi connectivity index (χ4v) is 4.03. The van der Waals surface area contributed by atoms with E-state index in [-0.39, 0.29) is 24.1 Å². The number of nitrogens with zero attached hydrogens (tertiary/aromatic N) is 1. The molecule has 0 saturated heterocycles. The molecule has 0 unspecified atom stereocenters. The number of carbonyl (C=O) groups is 1. The van der Waals surface area contributed by atoms with Gasteiger partial charge in [-0.05, 0) is 36.9 Å². The standard InChI is InChI=1S/C18H20N2O3S.ClH/c1-19-10-11-20-14-4-2-3-5-15(14)24-17(16(22)18(20)23)12-6-8-13(21)9-7-12;/h2-9,16-17,19,21-22H,10-11H2,1H3;1H/t16-,17+;/m1./s1. The second kappa shape index (κ2) is 8.58. The Bertz CT molecular complexity index is 727. The largest absolute Gasteiger partial charge is 0.508 e. The lowest BCUT2D eigenvalue weighted by molar-refractivity contribution is -0.126. The van der Waals surface area contributed by atoms with Gasteiger partial charge in [0.1, 0.15) is 11.9 Å².